The molecule has 0 spiro atoms. The van der Waals surface area contributed by atoms with Crippen molar-refractivity contribution in [3.63, 3.8) is 0 Å². The van der Waals surface area contributed by atoms with Crippen molar-refractivity contribution in [3.05, 3.63) is 36.4 Å². The van der Waals surface area contributed by atoms with Crippen LogP contribution in [0, 0.1) is 0 Å². The van der Waals surface area contributed by atoms with Crippen LogP contribution in [-0.4, -0.2) is 69.5 Å². The molecule has 0 radical (unpaired) electrons. The van der Waals surface area contributed by atoms with E-state index in [1.165, 1.54) is 18.2 Å². The van der Waals surface area contributed by atoms with Gasteiger partial charge in [0.15, 0.2) is 0 Å². The van der Waals surface area contributed by atoms with Crippen LogP contribution in [-0.2, 0) is 10.1 Å². The van der Waals surface area contributed by atoms with Gasteiger partial charge in [-0.1, -0.05) is 24.3 Å². The number of phenols is 1. The fourth-order valence-corrected chi connectivity index (χ4v) is 2.18. The number of fused-ring (bicyclic) bond motifs is 1. The molecule has 0 saturated carbocycles. The molecule has 0 amide bonds. The van der Waals surface area contributed by atoms with Crippen molar-refractivity contribution in [2.24, 2.45) is 0 Å². The molecule has 6 heteroatoms. The molecule has 80 valence electrons. The molecule has 0 fully saturated rings. The van der Waals surface area contributed by atoms with Gasteiger partial charge in [-0.3, -0.25) is 4.55 Å². The van der Waals surface area contributed by atoms with Crippen LogP contribution >= 0.6 is 0 Å². The van der Waals surface area contributed by atoms with Gasteiger partial charge in [-0.15, -0.1) is 0 Å². The molecule has 2 aromatic carbocycles. The number of aromatic hydroxyl groups is 1. The van der Waals surface area contributed by atoms with E-state index in [1.54, 1.807) is 18.2 Å². The molecule has 2 rings (SSSR count). The summed E-state index contributed by atoms with van der Waals surface area (Å²) in [6, 6.07) is 8.84. The molecule has 2 aromatic rings. The number of hydrogen-bond acceptors (Lipinski definition) is 3. The zero-order chi connectivity index (χ0) is 11.1. The summed E-state index contributed by atoms with van der Waals surface area (Å²) < 4.78 is 31.0. The van der Waals surface area contributed by atoms with Gasteiger partial charge in [0.05, 0.1) is 0 Å². The summed E-state index contributed by atoms with van der Waals surface area (Å²) in [6.07, 6.45) is 0. The van der Waals surface area contributed by atoms with Crippen LogP contribution in [0.4, 0.5) is 0 Å². The topological polar surface area (TPSA) is 74.6 Å². The van der Waals surface area contributed by atoms with Crippen LogP contribution in [0.5, 0.6) is 5.75 Å². The SMILES string of the molecule is O=S(=O)(O)c1ccc(O)c2ccccc12.[KH]. The predicted molar refractivity (Wildman–Crippen MR) is 62.6 cm³/mol. The third-order valence-electron chi connectivity index (χ3n) is 2.14. The van der Waals surface area contributed by atoms with Gasteiger partial charge in [0.2, 0.25) is 0 Å². The van der Waals surface area contributed by atoms with Crippen molar-refractivity contribution < 1.29 is 18.1 Å². The van der Waals surface area contributed by atoms with Gasteiger partial charge in [0.25, 0.3) is 10.1 Å². The number of rotatable bonds is 1. The van der Waals surface area contributed by atoms with Crippen LogP contribution in [0.3, 0.4) is 0 Å². The molecule has 0 aromatic heterocycles. The van der Waals surface area contributed by atoms with Crippen LogP contribution in [0.15, 0.2) is 41.3 Å². The standard InChI is InChI=1S/C10H8O4S.K.H/c11-9-5-6-10(15(12,13)14)8-4-2-1-3-7(8)9;;/h1-6,11H,(H,12,13,14);;. The van der Waals surface area contributed by atoms with Crippen LogP contribution < -0.4 is 0 Å². The Morgan fingerprint density at radius 2 is 1.50 bits per heavy atom. The summed E-state index contributed by atoms with van der Waals surface area (Å²) in [5, 5.41) is 10.2. The summed E-state index contributed by atoms with van der Waals surface area (Å²) in [5.74, 6) is -0.0157. The van der Waals surface area contributed by atoms with E-state index in [1.807, 2.05) is 0 Å². The number of hydrogen-bond donors (Lipinski definition) is 2. The summed E-state index contributed by atoms with van der Waals surface area (Å²) in [6.45, 7) is 0. The van der Waals surface area contributed by atoms with E-state index in [0.717, 1.165) is 0 Å². The minimum absolute atomic E-state index is 0. The van der Waals surface area contributed by atoms with Crippen molar-refractivity contribution in [1.29, 1.82) is 0 Å². The third-order valence-corrected chi connectivity index (χ3v) is 3.05. The fraction of sp³-hybridized carbons (Fsp3) is 0. The zero-order valence-electron chi connectivity index (χ0n) is 7.58. The number of phenolic OH excluding ortho intramolecular Hbond substituents is 1. The van der Waals surface area contributed by atoms with E-state index >= 15 is 0 Å². The molecule has 0 aliphatic heterocycles. The van der Waals surface area contributed by atoms with Crippen molar-refractivity contribution >= 4 is 72.3 Å². The second kappa shape index (κ2) is 5.13. The van der Waals surface area contributed by atoms with E-state index in [2.05, 4.69) is 0 Å². The summed E-state index contributed by atoms with van der Waals surface area (Å²) in [7, 11) is -4.26. The first kappa shape index (κ1) is 14.1. The molecule has 0 bridgehead atoms. The molecule has 0 atom stereocenters. The second-order valence-corrected chi connectivity index (χ2v) is 4.49. The van der Waals surface area contributed by atoms with Crippen molar-refractivity contribution in [2.75, 3.05) is 0 Å². The molecule has 0 unspecified atom stereocenters. The molecular formula is C10H9KO4S. The first-order valence-electron chi connectivity index (χ1n) is 4.18. The van der Waals surface area contributed by atoms with Crippen molar-refractivity contribution in [2.45, 2.75) is 4.90 Å². The van der Waals surface area contributed by atoms with Crippen LogP contribution in [0.25, 0.3) is 10.8 Å². The van der Waals surface area contributed by atoms with E-state index in [4.69, 9.17) is 4.55 Å². The van der Waals surface area contributed by atoms with E-state index in [-0.39, 0.29) is 62.0 Å². The Balaban J connectivity index is 0.00000128. The maximum absolute atomic E-state index is 11.0. The Hall–Kier alpha value is 0.0464. The van der Waals surface area contributed by atoms with Gasteiger partial charge in [-0.05, 0) is 12.1 Å². The summed E-state index contributed by atoms with van der Waals surface area (Å²) in [4.78, 5) is -0.198. The van der Waals surface area contributed by atoms with E-state index in [0.29, 0.717) is 10.8 Å². The Morgan fingerprint density at radius 1 is 0.938 bits per heavy atom. The molecule has 16 heavy (non-hydrogen) atoms. The van der Waals surface area contributed by atoms with Gasteiger partial charge in [-0.2, -0.15) is 8.42 Å². The second-order valence-electron chi connectivity index (χ2n) is 3.10. The first-order valence-corrected chi connectivity index (χ1v) is 5.62. The first-order chi connectivity index (χ1) is 7.00. The van der Waals surface area contributed by atoms with E-state index < -0.39 is 10.1 Å². The maximum atomic E-state index is 11.0. The van der Waals surface area contributed by atoms with Crippen LogP contribution in [0.2, 0.25) is 0 Å². The number of benzene rings is 2. The summed E-state index contributed by atoms with van der Waals surface area (Å²) >= 11 is 0. The summed E-state index contributed by atoms with van der Waals surface area (Å²) in [5.41, 5.74) is 0. The molecule has 0 aliphatic carbocycles. The quantitative estimate of drug-likeness (QED) is 0.598. The Bertz CT molecular complexity index is 622. The Morgan fingerprint density at radius 3 is 2.06 bits per heavy atom. The van der Waals surface area contributed by atoms with Gasteiger partial charge in [0.1, 0.15) is 10.6 Å². The molecule has 0 heterocycles. The van der Waals surface area contributed by atoms with Crippen LogP contribution in [0.1, 0.15) is 0 Å². The van der Waals surface area contributed by atoms with Crippen molar-refractivity contribution in [3.8, 4) is 5.75 Å². The fourth-order valence-electron chi connectivity index (χ4n) is 1.48. The predicted octanol–water partition coefficient (Wildman–Crippen LogP) is 1.14. The van der Waals surface area contributed by atoms with Gasteiger partial charge >= 0.3 is 51.4 Å². The normalized spacial score (nSPS) is 11.1. The zero-order valence-corrected chi connectivity index (χ0v) is 8.40. The molecular weight excluding hydrogens is 255 g/mol. The molecule has 2 N–H and O–H groups in total. The Kier molecular flexibility index (Phi) is 4.53. The molecule has 0 aliphatic rings. The average Bonchev–Trinajstić information content (AvgIpc) is 2.17. The van der Waals surface area contributed by atoms with Gasteiger partial charge in [0, 0.05) is 10.8 Å². The van der Waals surface area contributed by atoms with Gasteiger partial charge < -0.3 is 5.11 Å². The molecule has 4 nitrogen and oxygen atoms in total. The molecule has 0 saturated heterocycles. The third kappa shape index (κ3) is 2.65. The Labute approximate surface area is 135 Å². The minimum atomic E-state index is -4.26. The average molecular weight is 264 g/mol. The van der Waals surface area contributed by atoms with Gasteiger partial charge in [-0.25, -0.2) is 0 Å². The van der Waals surface area contributed by atoms with Crippen molar-refractivity contribution in [1.82, 2.24) is 0 Å². The van der Waals surface area contributed by atoms with E-state index in [9.17, 15) is 13.5 Å². The monoisotopic (exact) mass is 264 g/mol.